The Bertz CT molecular complexity index is 1270. The maximum Gasteiger partial charge on any atom is 0.254 e. The quantitative estimate of drug-likeness (QED) is 0.559. The van der Waals surface area contributed by atoms with Gasteiger partial charge in [0, 0.05) is 29.6 Å². The Hall–Kier alpha value is -3.10. The summed E-state index contributed by atoms with van der Waals surface area (Å²) in [5.74, 6) is 0.228. The predicted octanol–water partition coefficient (Wildman–Crippen LogP) is 4.21. The number of rotatable bonds is 6. The Morgan fingerprint density at radius 2 is 1.56 bits per heavy atom. The molecule has 8 heteroatoms. The monoisotopic (exact) mass is 491 g/mol. The molecule has 1 N–H and O–H groups in total. The first-order valence-corrected chi connectivity index (χ1v) is 13.8. The van der Waals surface area contributed by atoms with Crippen molar-refractivity contribution in [2.75, 3.05) is 16.8 Å². The number of thioether (sulfide) groups is 1. The Balaban J connectivity index is 1.34. The van der Waals surface area contributed by atoms with Crippen LogP contribution >= 0.6 is 11.8 Å². The molecule has 0 aliphatic carbocycles. The van der Waals surface area contributed by atoms with Gasteiger partial charge in [0.05, 0.1) is 17.5 Å². The molecule has 1 amide bonds. The van der Waals surface area contributed by atoms with Crippen molar-refractivity contribution in [2.45, 2.75) is 24.4 Å². The van der Waals surface area contributed by atoms with Gasteiger partial charge in [0.15, 0.2) is 15.0 Å². The molecule has 6 nitrogen and oxygen atoms in total. The zero-order chi connectivity index (χ0) is 23.5. The van der Waals surface area contributed by atoms with E-state index in [-0.39, 0.29) is 28.7 Å². The Labute approximate surface area is 204 Å². The fourth-order valence-corrected chi connectivity index (χ4v) is 7.94. The van der Waals surface area contributed by atoms with Crippen molar-refractivity contribution < 1.29 is 13.2 Å². The predicted molar refractivity (Wildman–Crippen MR) is 138 cm³/mol. The SMILES string of the molecule is O=C(c1cccc(NC2=N[C@H]3CS(=O)(=O)C[C@@H]3S2)c1)N(Cc1ccccc1)Cc1ccccc1. The van der Waals surface area contributed by atoms with E-state index in [2.05, 4.69) is 10.3 Å². The molecule has 2 aliphatic rings. The van der Waals surface area contributed by atoms with Crippen LogP contribution < -0.4 is 5.32 Å². The van der Waals surface area contributed by atoms with Crippen molar-refractivity contribution in [3.8, 4) is 0 Å². The second-order valence-corrected chi connectivity index (χ2v) is 12.0. The number of hydrogen-bond donors (Lipinski definition) is 1. The second kappa shape index (κ2) is 9.64. The average molecular weight is 492 g/mol. The van der Waals surface area contributed by atoms with Crippen LogP contribution in [0.3, 0.4) is 0 Å². The van der Waals surface area contributed by atoms with Crippen LogP contribution in [0.25, 0.3) is 0 Å². The van der Waals surface area contributed by atoms with Crippen molar-refractivity contribution in [2.24, 2.45) is 4.99 Å². The van der Waals surface area contributed by atoms with Crippen LogP contribution in [0.4, 0.5) is 5.69 Å². The van der Waals surface area contributed by atoms with Crippen LogP contribution in [0.2, 0.25) is 0 Å². The smallest absolute Gasteiger partial charge is 0.254 e. The van der Waals surface area contributed by atoms with Gasteiger partial charge in [-0.05, 0) is 29.3 Å². The van der Waals surface area contributed by atoms with Gasteiger partial charge in [-0.25, -0.2) is 8.42 Å². The number of benzene rings is 3. The number of hydrogen-bond acceptors (Lipinski definition) is 6. The third kappa shape index (κ3) is 5.34. The fraction of sp³-hybridized carbons (Fsp3) is 0.231. The van der Waals surface area contributed by atoms with Gasteiger partial charge in [-0.2, -0.15) is 0 Å². The van der Waals surface area contributed by atoms with Crippen molar-refractivity contribution >= 4 is 38.4 Å². The van der Waals surface area contributed by atoms with E-state index in [1.54, 1.807) is 0 Å². The molecule has 0 spiro atoms. The number of carbonyl (C=O) groups is 1. The third-order valence-electron chi connectivity index (χ3n) is 5.90. The van der Waals surface area contributed by atoms with Crippen molar-refractivity contribution in [1.82, 2.24) is 4.90 Å². The van der Waals surface area contributed by atoms with E-state index in [1.807, 2.05) is 89.8 Å². The van der Waals surface area contributed by atoms with Crippen LogP contribution in [0.5, 0.6) is 0 Å². The lowest BCUT2D eigenvalue weighted by Crippen LogP contribution is -2.30. The van der Waals surface area contributed by atoms with E-state index < -0.39 is 9.84 Å². The zero-order valence-electron chi connectivity index (χ0n) is 18.5. The Kier molecular flexibility index (Phi) is 6.43. The highest BCUT2D eigenvalue weighted by atomic mass is 32.2. The molecule has 3 aromatic carbocycles. The van der Waals surface area contributed by atoms with Gasteiger partial charge in [-0.15, -0.1) is 0 Å². The molecule has 34 heavy (non-hydrogen) atoms. The normalized spacial score (nSPS) is 20.4. The molecule has 3 aromatic rings. The number of nitrogens with zero attached hydrogens (tertiary/aromatic N) is 2. The first kappa shape index (κ1) is 22.7. The van der Waals surface area contributed by atoms with Crippen LogP contribution in [0.15, 0.2) is 89.9 Å². The number of nitrogens with one attached hydrogen (secondary N) is 1. The zero-order valence-corrected chi connectivity index (χ0v) is 20.1. The van der Waals surface area contributed by atoms with Gasteiger partial charge in [-0.1, -0.05) is 78.5 Å². The molecule has 174 valence electrons. The van der Waals surface area contributed by atoms with Crippen LogP contribution in [0, 0.1) is 0 Å². The van der Waals surface area contributed by atoms with E-state index in [0.29, 0.717) is 23.8 Å². The van der Waals surface area contributed by atoms with E-state index in [1.165, 1.54) is 11.8 Å². The first-order valence-electron chi connectivity index (χ1n) is 11.1. The fourth-order valence-electron chi connectivity index (χ4n) is 4.26. The molecule has 2 atom stereocenters. The van der Waals surface area contributed by atoms with Gasteiger partial charge in [0.25, 0.3) is 5.91 Å². The Morgan fingerprint density at radius 3 is 2.18 bits per heavy atom. The third-order valence-corrected chi connectivity index (χ3v) is 9.04. The first-order chi connectivity index (χ1) is 16.4. The number of carbonyl (C=O) groups excluding carboxylic acids is 1. The molecule has 0 radical (unpaired) electrons. The van der Waals surface area contributed by atoms with Crippen molar-refractivity contribution in [3.63, 3.8) is 0 Å². The molecule has 2 heterocycles. The minimum absolute atomic E-state index is 0.0236. The van der Waals surface area contributed by atoms with Crippen LogP contribution in [0.1, 0.15) is 21.5 Å². The van der Waals surface area contributed by atoms with Crippen molar-refractivity contribution in [3.05, 3.63) is 102 Å². The highest BCUT2D eigenvalue weighted by Crippen LogP contribution is 2.34. The summed E-state index contributed by atoms with van der Waals surface area (Å²) in [7, 11) is -2.99. The highest BCUT2D eigenvalue weighted by Gasteiger charge is 2.42. The summed E-state index contributed by atoms with van der Waals surface area (Å²) in [6.45, 7) is 1.01. The van der Waals surface area contributed by atoms with E-state index in [0.717, 1.165) is 16.8 Å². The summed E-state index contributed by atoms with van der Waals surface area (Å²) in [5, 5.41) is 3.96. The minimum Gasteiger partial charge on any atom is -0.335 e. The summed E-state index contributed by atoms with van der Waals surface area (Å²) in [5.41, 5.74) is 3.49. The van der Waals surface area contributed by atoms with Gasteiger partial charge in [0.2, 0.25) is 0 Å². The standard InChI is InChI=1S/C26H25N3O3S2/c30-25(29(15-19-8-3-1-4-9-19)16-20-10-5-2-6-11-20)21-12-7-13-22(14-21)27-26-28-23-17-34(31,32)18-24(23)33-26/h1-14,23-24H,15-18H2,(H,27,28)/t23-,24-/m0/s1. The summed E-state index contributed by atoms with van der Waals surface area (Å²) in [4.78, 5) is 20.0. The van der Waals surface area contributed by atoms with E-state index in [9.17, 15) is 13.2 Å². The average Bonchev–Trinajstić information content (AvgIpc) is 3.32. The number of aliphatic imine (C=N–C) groups is 1. The van der Waals surface area contributed by atoms with Gasteiger partial charge >= 0.3 is 0 Å². The van der Waals surface area contributed by atoms with Crippen molar-refractivity contribution in [1.29, 1.82) is 0 Å². The van der Waals surface area contributed by atoms with Gasteiger partial charge in [-0.3, -0.25) is 9.79 Å². The molecule has 0 saturated carbocycles. The maximum absolute atomic E-state index is 13.6. The number of sulfone groups is 1. The van der Waals surface area contributed by atoms with Crippen LogP contribution in [-0.2, 0) is 22.9 Å². The summed E-state index contributed by atoms with van der Waals surface area (Å²) in [6.07, 6.45) is 0. The minimum atomic E-state index is -2.99. The molecule has 2 aliphatic heterocycles. The molecule has 0 aromatic heterocycles. The molecular weight excluding hydrogens is 466 g/mol. The molecular formula is C26H25N3O3S2. The summed E-state index contributed by atoms with van der Waals surface area (Å²) in [6, 6.07) is 27.2. The highest BCUT2D eigenvalue weighted by molar-refractivity contribution is 8.15. The largest absolute Gasteiger partial charge is 0.335 e. The number of anilines is 1. The lowest BCUT2D eigenvalue weighted by molar-refractivity contribution is 0.0730. The lowest BCUT2D eigenvalue weighted by Gasteiger charge is -2.23. The van der Waals surface area contributed by atoms with Gasteiger partial charge in [0.1, 0.15) is 0 Å². The van der Waals surface area contributed by atoms with E-state index in [4.69, 9.17) is 0 Å². The summed E-state index contributed by atoms with van der Waals surface area (Å²) < 4.78 is 23.6. The number of amidine groups is 1. The molecule has 0 unspecified atom stereocenters. The number of fused-ring (bicyclic) bond motifs is 1. The maximum atomic E-state index is 13.6. The topological polar surface area (TPSA) is 78.8 Å². The lowest BCUT2D eigenvalue weighted by atomic mass is 10.1. The molecule has 1 fully saturated rings. The number of amides is 1. The molecule has 1 saturated heterocycles. The van der Waals surface area contributed by atoms with Gasteiger partial charge < -0.3 is 10.2 Å². The van der Waals surface area contributed by atoms with E-state index >= 15 is 0 Å². The molecule has 5 rings (SSSR count). The molecule has 0 bridgehead atoms. The summed E-state index contributed by atoms with van der Waals surface area (Å²) >= 11 is 1.47. The van der Waals surface area contributed by atoms with Crippen LogP contribution in [-0.4, -0.2) is 47.2 Å². The second-order valence-electron chi connectivity index (χ2n) is 8.57. The Morgan fingerprint density at radius 1 is 0.912 bits per heavy atom.